The van der Waals surface area contributed by atoms with Gasteiger partial charge in [-0.3, -0.25) is 14.9 Å². The van der Waals surface area contributed by atoms with Crippen molar-refractivity contribution >= 4 is 33.7 Å². The molecule has 1 amide bonds. The minimum Gasteiger partial charge on any atom is -0.376 e. The van der Waals surface area contributed by atoms with Gasteiger partial charge in [0.2, 0.25) is 5.91 Å². The molecule has 0 spiro atoms. The van der Waals surface area contributed by atoms with E-state index in [0.29, 0.717) is 0 Å². The van der Waals surface area contributed by atoms with Crippen LogP contribution in [0.2, 0.25) is 0 Å². The molecule has 3 aromatic carbocycles. The van der Waals surface area contributed by atoms with E-state index in [1.165, 1.54) is 22.6 Å². The Labute approximate surface area is 156 Å². The van der Waals surface area contributed by atoms with Crippen molar-refractivity contribution in [3.05, 3.63) is 75.3 Å². The van der Waals surface area contributed by atoms with Gasteiger partial charge in [0.05, 0.1) is 11.5 Å². The Morgan fingerprint density at radius 1 is 1.07 bits per heavy atom. The zero-order valence-corrected chi connectivity index (χ0v) is 14.9. The van der Waals surface area contributed by atoms with Crippen LogP contribution in [0.3, 0.4) is 0 Å². The quantitative estimate of drug-likeness (QED) is 0.527. The van der Waals surface area contributed by atoms with Crippen LogP contribution in [-0.4, -0.2) is 17.4 Å². The van der Waals surface area contributed by atoms with Gasteiger partial charge in [-0.25, -0.2) is 0 Å². The highest BCUT2D eigenvalue weighted by Gasteiger charge is 2.18. The molecule has 6 nitrogen and oxygen atoms in total. The molecule has 1 aliphatic rings. The lowest BCUT2D eigenvalue weighted by Gasteiger charge is -2.12. The molecule has 3 aromatic rings. The lowest BCUT2D eigenvalue weighted by Crippen LogP contribution is -2.22. The van der Waals surface area contributed by atoms with Crippen LogP contribution in [0.4, 0.5) is 17.1 Å². The predicted octanol–water partition coefficient (Wildman–Crippen LogP) is 4.21. The Kier molecular flexibility index (Phi) is 4.24. The zero-order valence-electron chi connectivity index (χ0n) is 14.9. The largest absolute Gasteiger partial charge is 0.376 e. The summed E-state index contributed by atoms with van der Waals surface area (Å²) in [6.45, 7) is 1.81. The summed E-state index contributed by atoms with van der Waals surface area (Å²) in [5, 5.41) is 19.4. The van der Waals surface area contributed by atoms with E-state index < -0.39 is 4.92 Å². The number of nitrogens with zero attached hydrogens (tertiary/aromatic N) is 1. The van der Waals surface area contributed by atoms with Gasteiger partial charge in [-0.05, 0) is 54.0 Å². The second-order valence-corrected chi connectivity index (χ2v) is 6.79. The molecule has 136 valence electrons. The number of amides is 1. The van der Waals surface area contributed by atoms with E-state index in [0.717, 1.165) is 29.5 Å². The number of carbonyl (C=O) groups is 1. The standard InChI is InChI=1S/C21H19N3O3/c1-13-5-9-18(19(11-13)24(26)27)23-20(25)12-22-17-10-8-15-7-6-14-3-2-4-16(17)21(14)15/h2-5,8-11,22H,6-7,12H2,1H3,(H,23,25). The molecule has 0 aliphatic heterocycles. The molecular weight excluding hydrogens is 342 g/mol. The Balaban J connectivity index is 1.51. The molecule has 0 unspecified atom stereocenters. The van der Waals surface area contributed by atoms with Gasteiger partial charge in [0, 0.05) is 17.1 Å². The number of hydrogen-bond donors (Lipinski definition) is 2. The third-order valence-corrected chi connectivity index (χ3v) is 4.94. The second-order valence-electron chi connectivity index (χ2n) is 6.79. The predicted molar refractivity (Wildman–Crippen MR) is 106 cm³/mol. The average molecular weight is 361 g/mol. The van der Waals surface area contributed by atoms with Crippen molar-refractivity contribution in [3.63, 3.8) is 0 Å². The lowest BCUT2D eigenvalue weighted by atomic mass is 10.0. The summed E-state index contributed by atoms with van der Waals surface area (Å²) in [6.07, 6.45) is 2.10. The van der Waals surface area contributed by atoms with Crippen molar-refractivity contribution in [2.45, 2.75) is 19.8 Å². The lowest BCUT2D eigenvalue weighted by molar-refractivity contribution is -0.384. The third kappa shape index (κ3) is 3.21. The molecule has 0 aromatic heterocycles. The van der Waals surface area contributed by atoms with Gasteiger partial charge in [0.25, 0.3) is 5.69 Å². The number of carbonyl (C=O) groups excluding carboxylic acids is 1. The van der Waals surface area contributed by atoms with E-state index in [1.54, 1.807) is 19.1 Å². The van der Waals surface area contributed by atoms with Gasteiger partial charge in [-0.1, -0.05) is 30.3 Å². The Morgan fingerprint density at radius 3 is 2.59 bits per heavy atom. The van der Waals surface area contributed by atoms with Gasteiger partial charge in [0.15, 0.2) is 0 Å². The van der Waals surface area contributed by atoms with E-state index in [-0.39, 0.29) is 23.8 Å². The first-order valence-electron chi connectivity index (χ1n) is 8.85. The van der Waals surface area contributed by atoms with Crippen LogP contribution in [0, 0.1) is 17.0 Å². The van der Waals surface area contributed by atoms with E-state index in [1.807, 2.05) is 12.1 Å². The van der Waals surface area contributed by atoms with Crippen LogP contribution in [0.1, 0.15) is 16.7 Å². The van der Waals surface area contributed by atoms with Crippen molar-refractivity contribution in [2.75, 3.05) is 17.2 Å². The van der Waals surface area contributed by atoms with E-state index in [9.17, 15) is 14.9 Å². The third-order valence-electron chi connectivity index (χ3n) is 4.94. The number of nitro groups is 1. The molecule has 6 heteroatoms. The number of anilines is 2. The summed E-state index contributed by atoms with van der Waals surface area (Å²) in [7, 11) is 0. The summed E-state index contributed by atoms with van der Waals surface area (Å²) in [5.74, 6) is -0.329. The SMILES string of the molecule is Cc1ccc(NC(=O)CNc2ccc3c4c(cccc24)CC3)c([N+](=O)[O-])c1. The highest BCUT2D eigenvalue weighted by atomic mass is 16.6. The Hall–Kier alpha value is -3.41. The highest BCUT2D eigenvalue weighted by Crippen LogP contribution is 2.35. The molecule has 0 radical (unpaired) electrons. The van der Waals surface area contributed by atoms with Gasteiger partial charge >= 0.3 is 0 Å². The first-order chi connectivity index (χ1) is 13.0. The van der Waals surface area contributed by atoms with Crippen molar-refractivity contribution in [3.8, 4) is 0 Å². The molecule has 1 aliphatic carbocycles. The summed E-state index contributed by atoms with van der Waals surface area (Å²) < 4.78 is 0. The van der Waals surface area contributed by atoms with Crippen LogP contribution in [0.25, 0.3) is 10.8 Å². The van der Waals surface area contributed by atoms with Crippen molar-refractivity contribution in [1.29, 1.82) is 0 Å². The van der Waals surface area contributed by atoms with E-state index in [2.05, 4.69) is 28.8 Å². The smallest absolute Gasteiger partial charge is 0.293 e. The zero-order chi connectivity index (χ0) is 19.0. The topological polar surface area (TPSA) is 84.3 Å². The van der Waals surface area contributed by atoms with Crippen molar-refractivity contribution < 1.29 is 9.72 Å². The Bertz CT molecular complexity index is 1070. The molecule has 27 heavy (non-hydrogen) atoms. The Morgan fingerprint density at radius 2 is 1.81 bits per heavy atom. The fraction of sp³-hybridized carbons (Fsp3) is 0.190. The summed E-state index contributed by atoms with van der Waals surface area (Å²) in [4.78, 5) is 23.0. The summed E-state index contributed by atoms with van der Waals surface area (Å²) in [5.41, 5.74) is 4.44. The van der Waals surface area contributed by atoms with Crippen molar-refractivity contribution in [1.82, 2.24) is 0 Å². The number of hydrogen-bond acceptors (Lipinski definition) is 4. The van der Waals surface area contributed by atoms with Crippen LogP contribution in [0.15, 0.2) is 48.5 Å². The molecule has 0 fully saturated rings. The molecule has 2 N–H and O–H groups in total. The maximum atomic E-state index is 12.3. The molecule has 4 rings (SSSR count). The van der Waals surface area contributed by atoms with Gasteiger partial charge in [-0.15, -0.1) is 0 Å². The minimum absolute atomic E-state index is 0.0315. The van der Waals surface area contributed by atoms with Crippen LogP contribution in [-0.2, 0) is 17.6 Å². The molecular formula is C21H19N3O3. The first kappa shape index (κ1) is 17.0. The van der Waals surface area contributed by atoms with Crippen LogP contribution >= 0.6 is 0 Å². The fourth-order valence-electron chi connectivity index (χ4n) is 3.67. The van der Waals surface area contributed by atoms with E-state index in [4.69, 9.17) is 0 Å². The number of rotatable bonds is 5. The first-order valence-corrected chi connectivity index (χ1v) is 8.85. The molecule has 0 heterocycles. The molecule has 0 atom stereocenters. The monoisotopic (exact) mass is 361 g/mol. The minimum atomic E-state index is -0.487. The number of aryl methyl sites for hydroxylation is 3. The molecule has 0 bridgehead atoms. The number of nitrogens with one attached hydrogen (secondary N) is 2. The normalized spacial score (nSPS) is 12.2. The molecule has 0 saturated heterocycles. The van der Waals surface area contributed by atoms with Gasteiger partial charge in [0.1, 0.15) is 5.69 Å². The van der Waals surface area contributed by atoms with Gasteiger partial charge < -0.3 is 10.6 Å². The highest BCUT2D eigenvalue weighted by molar-refractivity contribution is 6.01. The maximum Gasteiger partial charge on any atom is 0.293 e. The summed E-state index contributed by atoms with van der Waals surface area (Å²) >= 11 is 0. The second kappa shape index (κ2) is 6.72. The average Bonchev–Trinajstić information content (AvgIpc) is 3.07. The number of nitro benzene ring substituents is 1. The summed E-state index contributed by atoms with van der Waals surface area (Å²) in [6, 6.07) is 15.1. The van der Waals surface area contributed by atoms with Gasteiger partial charge in [-0.2, -0.15) is 0 Å². The van der Waals surface area contributed by atoms with Crippen molar-refractivity contribution in [2.24, 2.45) is 0 Å². The number of benzene rings is 3. The molecule has 0 saturated carbocycles. The van der Waals surface area contributed by atoms with Crippen LogP contribution < -0.4 is 10.6 Å². The van der Waals surface area contributed by atoms with Crippen LogP contribution in [0.5, 0.6) is 0 Å². The van der Waals surface area contributed by atoms with E-state index >= 15 is 0 Å². The fourth-order valence-corrected chi connectivity index (χ4v) is 3.67. The maximum absolute atomic E-state index is 12.3.